The molecule has 2 N–H and O–H groups in total. The number of alkyl carbamates (subject to hydrolysis) is 1. The molecule has 0 fully saturated rings. The third-order valence-corrected chi connectivity index (χ3v) is 8.93. The lowest BCUT2D eigenvalue weighted by Gasteiger charge is -2.30. The fraction of sp³-hybridized carbons (Fsp3) is 0.150. The molecule has 9 heteroatoms. The maximum Gasteiger partial charge on any atom is 0.407 e. The molecule has 5 aromatic rings. The number of ether oxygens (including phenoxy) is 1. The lowest BCUT2D eigenvalue weighted by Crippen LogP contribution is -2.45. The van der Waals surface area contributed by atoms with Crippen molar-refractivity contribution in [2.24, 2.45) is 0 Å². The van der Waals surface area contributed by atoms with Crippen LogP contribution < -0.4 is 10.2 Å². The number of hydrogen-bond acceptors (Lipinski definition) is 6. The number of carbonyl (C=O) groups excluding carboxylic acids is 2. The summed E-state index contributed by atoms with van der Waals surface area (Å²) in [6, 6.07) is 33.9. The van der Waals surface area contributed by atoms with E-state index in [-0.39, 0.29) is 38.1 Å². The van der Waals surface area contributed by atoms with Crippen LogP contribution in [0.15, 0.2) is 122 Å². The molecule has 4 aromatic carbocycles. The average molecular weight is 651 g/mol. The van der Waals surface area contributed by atoms with Crippen LogP contribution >= 0.6 is 0 Å². The minimum atomic E-state index is -1.14. The summed E-state index contributed by atoms with van der Waals surface area (Å²) in [5.74, 6) is -1.61. The number of benzene rings is 4. The third kappa shape index (κ3) is 6.64. The van der Waals surface area contributed by atoms with Crippen LogP contribution in [-0.4, -0.2) is 65.7 Å². The number of carboxylic acids is 1. The smallest absolute Gasteiger partial charge is 0.407 e. The maximum atomic E-state index is 13.5. The van der Waals surface area contributed by atoms with E-state index in [1.54, 1.807) is 6.20 Å². The van der Waals surface area contributed by atoms with Gasteiger partial charge in [-0.15, -0.1) is 0 Å². The second kappa shape index (κ2) is 13.9. The summed E-state index contributed by atoms with van der Waals surface area (Å²) >= 11 is 0. The van der Waals surface area contributed by atoms with Gasteiger partial charge in [0.15, 0.2) is 0 Å². The first-order chi connectivity index (χ1) is 24.0. The predicted molar refractivity (Wildman–Crippen MR) is 190 cm³/mol. The van der Waals surface area contributed by atoms with E-state index in [0.717, 1.165) is 55.5 Å². The van der Waals surface area contributed by atoms with Crippen molar-refractivity contribution >= 4 is 46.2 Å². The standard InChI is InChI=1S/C40H34N4O5/c45-38(24-43-21-18-28(30-10-6-8-16-37(30)43)23-27-17-19-41-36-15-7-5-9-29(27)36)44(25-39(46)47)22-20-42-40(48)49-26-35-33-13-3-1-11-31(33)32-12-2-4-14-34(32)35/h1-19,21,23,35H,20,22,24-26H2,(H,42,48)(H,46,47)/b28-23-. The number of rotatable bonds is 10. The highest BCUT2D eigenvalue weighted by molar-refractivity contribution is 6.00. The highest BCUT2D eigenvalue weighted by Gasteiger charge is 2.29. The Morgan fingerprint density at radius 1 is 0.857 bits per heavy atom. The van der Waals surface area contributed by atoms with E-state index in [1.807, 2.05) is 108 Å². The second-order valence-corrected chi connectivity index (χ2v) is 11.9. The van der Waals surface area contributed by atoms with Crippen LogP contribution in [0.2, 0.25) is 0 Å². The number of nitrogens with one attached hydrogen (secondary N) is 1. The fourth-order valence-electron chi connectivity index (χ4n) is 6.63. The van der Waals surface area contributed by atoms with Crippen LogP contribution in [0, 0.1) is 0 Å². The van der Waals surface area contributed by atoms with Gasteiger partial charge in [-0.05, 0) is 63.7 Å². The summed E-state index contributed by atoms with van der Waals surface area (Å²) < 4.78 is 5.60. The van der Waals surface area contributed by atoms with Gasteiger partial charge in [-0.1, -0.05) is 84.9 Å². The average Bonchev–Trinajstić information content (AvgIpc) is 3.44. The molecular formula is C40H34N4O5. The van der Waals surface area contributed by atoms with Gasteiger partial charge < -0.3 is 25.0 Å². The molecule has 1 aliphatic carbocycles. The van der Waals surface area contributed by atoms with E-state index in [0.29, 0.717) is 0 Å². The number of anilines is 1. The molecule has 2 aliphatic rings. The topological polar surface area (TPSA) is 112 Å². The first-order valence-corrected chi connectivity index (χ1v) is 16.1. The Labute approximate surface area is 283 Å². The maximum absolute atomic E-state index is 13.5. The van der Waals surface area contributed by atoms with E-state index in [4.69, 9.17) is 4.74 Å². The normalized spacial score (nSPS) is 13.9. The molecule has 1 aliphatic heterocycles. The zero-order valence-corrected chi connectivity index (χ0v) is 26.7. The highest BCUT2D eigenvalue weighted by Crippen LogP contribution is 2.44. The molecular weight excluding hydrogens is 616 g/mol. The predicted octanol–water partition coefficient (Wildman–Crippen LogP) is 6.56. The van der Waals surface area contributed by atoms with Crippen LogP contribution in [-0.2, 0) is 14.3 Å². The number of carboxylic acid groups (broad SMARTS) is 1. The van der Waals surface area contributed by atoms with Gasteiger partial charge in [0.1, 0.15) is 19.7 Å². The summed E-state index contributed by atoms with van der Waals surface area (Å²) in [6.07, 6.45) is 7.05. The van der Waals surface area contributed by atoms with Gasteiger partial charge in [0.05, 0.1) is 5.52 Å². The summed E-state index contributed by atoms with van der Waals surface area (Å²) in [7, 11) is 0. The largest absolute Gasteiger partial charge is 0.480 e. The van der Waals surface area contributed by atoms with Crippen molar-refractivity contribution in [2.45, 2.75) is 5.92 Å². The molecule has 49 heavy (non-hydrogen) atoms. The molecule has 0 atom stereocenters. The summed E-state index contributed by atoms with van der Waals surface area (Å²) in [5.41, 5.74) is 9.17. The number of allylic oxidation sites excluding steroid dienone is 2. The van der Waals surface area contributed by atoms with Crippen molar-refractivity contribution in [3.05, 3.63) is 144 Å². The van der Waals surface area contributed by atoms with Crippen LogP contribution in [0.1, 0.15) is 28.2 Å². The molecule has 7 rings (SSSR count). The number of hydrogen-bond donors (Lipinski definition) is 2. The van der Waals surface area contributed by atoms with Crippen molar-refractivity contribution in [2.75, 3.05) is 37.7 Å². The molecule has 2 heterocycles. The highest BCUT2D eigenvalue weighted by atomic mass is 16.5. The Morgan fingerprint density at radius 2 is 1.53 bits per heavy atom. The van der Waals surface area contributed by atoms with Gasteiger partial charge in [-0.2, -0.15) is 0 Å². The number of nitrogens with zero attached hydrogens (tertiary/aromatic N) is 3. The zero-order valence-electron chi connectivity index (χ0n) is 26.7. The molecule has 244 valence electrons. The van der Waals surface area contributed by atoms with Crippen molar-refractivity contribution in [3.63, 3.8) is 0 Å². The van der Waals surface area contributed by atoms with Gasteiger partial charge in [-0.25, -0.2) is 4.79 Å². The Morgan fingerprint density at radius 3 is 2.29 bits per heavy atom. The lowest BCUT2D eigenvalue weighted by molar-refractivity contribution is -0.143. The van der Waals surface area contributed by atoms with E-state index in [2.05, 4.69) is 28.5 Å². The van der Waals surface area contributed by atoms with Crippen LogP contribution in [0.4, 0.5) is 10.5 Å². The molecule has 0 unspecified atom stereocenters. The van der Waals surface area contributed by atoms with E-state index in [9.17, 15) is 19.5 Å². The van der Waals surface area contributed by atoms with Crippen molar-refractivity contribution in [1.29, 1.82) is 0 Å². The number of para-hydroxylation sites is 2. The van der Waals surface area contributed by atoms with E-state index >= 15 is 0 Å². The summed E-state index contributed by atoms with van der Waals surface area (Å²) in [4.78, 5) is 45.4. The Kier molecular flexibility index (Phi) is 8.88. The molecule has 2 amide bonds. The molecule has 9 nitrogen and oxygen atoms in total. The van der Waals surface area contributed by atoms with Gasteiger partial charge in [0, 0.05) is 48.0 Å². The van der Waals surface area contributed by atoms with Gasteiger partial charge in [0.25, 0.3) is 0 Å². The van der Waals surface area contributed by atoms with Crippen LogP contribution in [0.25, 0.3) is 33.7 Å². The van der Waals surface area contributed by atoms with Gasteiger partial charge in [0.2, 0.25) is 5.91 Å². The number of amides is 2. The molecule has 1 aromatic heterocycles. The molecule has 0 saturated heterocycles. The van der Waals surface area contributed by atoms with Crippen molar-refractivity contribution in [3.8, 4) is 11.1 Å². The van der Waals surface area contributed by atoms with Crippen molar-refractivity contribution < 1.29 is 24.2 Å². The zero-order chi connectivity index (χ0) is 33.7. The quantitative estimate of drug-likeness (QED) is 0.176. The van der Waals surface area contributed by atoms with Crippen molar-refractivity contribution in [1.82, 2.24) is 15.2 Å². The minimum absolute atomic E-state index is 0.00873. The molecule has 0 radical (unpaired) electrons. The van der Waals surface area contributed by atoms with Crippen LogP contribution in [0.3, 0.4) is 0 Å². The van der Waals surface area contributed by atoms with E-state index < -0.39 is 18.6 Å². The first-order valence-electron chi connectivity index (χ1n) is 16.1. The van der Waals surface area contributed by atoms with E-state index in [1.165, 1.54) is 4.90 Å². The number of aromatic nitrogens is 1. The monoisotopic (exact) mass is 650 g/mol. The summed E-state index contributed by atoms with van der Waals surface area (Å²) in [6.45, 7) is -0.363. The molecule has 0 spiro atoms. The van der Waals surface area contributed by atoms with Crippen LogP contribution in [0.5, 0.6) is 0 Å². The SMILES string of the molecule is O=C(O)CN(CCNC(=O)OCC1c2ccccc2-c2ccccc21)C(=O)CN1C=C/C(=C/c2ccnc3ccccc23)c2ccccc21. The number of fused-ring (bicyclic) bond motifs is 5. The first kappa shape index (κ1) is 31.4. The lowest BCUT2D eigenvalue weighted by atomic mass is 9.96. The van der Waals surface area contributed by atoms with Gasteiger partial charge in [-0.3, -0.25) is 14.6 Å². The Hall–Kier alpha value is -6.22. The number of carbonyl (C=O) groups is 3. The Balaban J connectivity index is 0.988. The van der Waals surface area contributed by atoms with Gasteiger partial charge >= 0.3 is 12.1 Å². The summed E-state index contributed by atoms with van der Waals surface area (Å²) in [5, 5.41) is 13.3. The number of aliphatic carboxylic acids is 1. The second-order valence-electron chi connectivity index (χ2n) is 11.9. The molecule has 0 saturated carbocycles. The minimum Gasteiger partial charge on any atom is -0.480 e. The Bertz CT molecular complexity index is 2070. The fourth-order valence-corrected chi connectivity index (χ4v) is 6.63. The number of pyridine rings is 1. The third-order valence-electron chi connectivity index (χ3n) is 8.93. The molecule has 0 bridgehead atoms.